The third-order valence-corrected chi connectivity index (χ3v) is 4.42. The van der Waals surface area contributed by atoms with E-state index in [0.29, 0.717) is 34.4 Å². The summed E-state index contributed by atoms with van der Waals surface area (Å²) >= 11 is 0. The van der Waals surface area contributed by atoms with Gasteiger partial charge in [0.05, 0.1) is 5.56 Å². The van der Waals surface area contributed by atoms with Crippen molar-refractivity contribution in [3.63, 3.8) is 0 Å². The van der Waals surface area contributed by atoms with E-state index in [2.05, 4.69) is 15.0 Å². The van der Waals surface area contributed by atoms with Crippen LogP contribution in [0, 0.1) is 0 Å². The molecule has 0 unspecified atom stereocenters. The summed E-state index contributed by atoms with van der Waals surface area (Å²) in [6, 6.07) is 20.8. The summed E-state index contributed by atoms with van der Waals surface area (Å²) < 4.78 is 17.5. The molecule has 3 aromatic carbocycles. The largest absolute Gasteiger partial charge is 0.436 e. The van der Waals surface area contributed by atoms with Gasteiger partial charge in [0.25, 0.3) is 11.8 Å². The fourth-order valence-corrected chi connectivity index (χ4v) is 3.16. The molecule has 0 saturated heterocycles. The summed E-state index contributed by atoms with van der Waals surface area (Å²) in [6.07, 6.45) is 0. The van der Waals surface area contributed by atoms with Gasteiger partial charge in [-0.1, -0.05) is 30.3 Å². The lowest BCUT2D eigenvalue weighted by Crippen LogP contribution is -1.81. The Bertz CT molecular complexity index is 1380. The van der Waals surface area contributed by atoms with Crippen molar-refractivity contribution in [3.8, 4) is 23.2 Å². The van der Waals surface area contributed by atoms with Crippen molar-refractivity contribution >= 4 is 33.3 Å². The highest BCUT2D eigenvalue weighted by Crippen LogP contribution is 2.33. The summed E-state index contributed by atoms with van der Waals surface area (Å²) in [4.78, 5) is 13.6. The van der Waals surface area contributed by atoms with Crippen LogP contribution in [0.2, 0.25) is 0 Å². The van der Waals surface area contributed by atoms with E-state index < -0.39 is 0 Å². The molecule has 0 amide bonds. The van der Waals surface area contributed by atoms with Crippen LogP contribution in [-0.2, 0) is 0 Å². The average molecular weight is 353 g/mol. The zero-order valence-electron chi connectivity index (χ0n) is 13.9. The summed E-state index contributed by atoms with van der Waals surface area (Å²) in [5, 5.41) is 0. The highest BCUT2D eigenvalue weighted by Gasteiger charge is 2.19. The van der Waals surface area contributed by atoms with Gasteiger partial charge in [-0.15, -0.1) is 0 Å². The molecule has 0 saturated carbocycles. The smallest absolute Gasteiger partial charge is 0.284 e. The van der Waals surface area contributed by atoms with Crippen LogP contribution >= 0.6 is 0 Å². The first-order chi connectivity index (χ1) is 13.3. The Morgan fingerprint density at radius 2 is 1.04 bits per heavy atom. The highest BCUT2D eigenvalue weighted by molar-refractivity contribution is 5.91. The molecule has 6 rings (SSSR count). The molecule has 0 N–H and O–H groups in total. The minimum absolute atomic E-state index is 0.324. The Balaban J connectivity index is 1.55. The Morgan fingerprint density at radius 1 is 0.481 bits per heavy atom. The Kier molecular flexibility index (Phi) is 2.79. The molecule has 3 heterocycles. The van der Waals surface area contributed by atoms with Crippen LogP contribution in [0.3, 0.4) is 0 Å². The van der Waals surface area contributed by atoms with E-state index in [-0.39, 0.29) is 0 Å². The lowest BCUT2D eigenvalue weighted by molar-refractivity contribution is 0.550. The number of benzene rings is 3. The maximum absolute atomic E-state index is 5.89. The summed E-state index contributed by atoms with van der Waals surface area (Å²) in [5.74, 6) is 1.17. The van der Waals surface area contributed by atoms with Gasteiger partial charge in [0.1, 0.15) is 16.6 Å². The Hall–Kier alpha value is -3.93. The number of hydrogen-bond donors (Lipinski definition) is 0. The lowest BCUT2D eigenvalue weighted by Gasteiger charge is -1.94. The van der Waals surface area contributed by atoms with Crippen LogP contribution in [0.15, 0.2) is 80.0 Å². The topological polar surface area (TPSA) is 78.1 Å². The second kappa shape index (κ2) is 5.28. The first-order valence-corrected chi connectivity index (χ1v) is 8.47. The summed E-state index contributed by atoms with van der Waals surface area (Å²) in [6.45, 7) is 0. The molecule has 27 heavy (non-hydrogen) atoms. The van der Waals surface area contributed by atoms with Gasteiger partial charge in [0.2, 0.25) is 5.89 Å². The van der Waals surface area contributed by atoms with Gasteiger partial charge in [-0.3, -0.25) is 0 Å². The number of para-hydroxylation sites is 5. The zero-order valence-corrected chi connectivity index (χ0v) is 13.9. The molecular formula is C21H11N3O3. The molecule has 0 atom stereocenters. The van der Waals surface area contributed by atoms with E-state index in [9.17, 15) is 0 Å². The third-order valence-electron chi connectivity index (χ3n) is 4.42. The van der Waals surface area contributed by atoms with Crippen molar-refractivity contribution in [1.29, 1.82) is 0 Å². The Labute approximate surface area is 152 Å². The maximum atomic E-state index is 5.89. The third kappa shape index (κ3) is 2.17. The van der Waals surface area contributed by atoms with E-state index in [0.717, 1.165) is 22.2 Å². The van der Waals surface area contributed by atoms with Crippen LogP contribution < -0.4 is 0 Å². The van der Waals surface area contributed by atoms with Crippen LogP contribution in [-0.4, -0.2) is 15.0 Å². The second-order valence-electron chi connectivity index (χ2n) is 6.14. The van der Waals surface area contributed by atoms with E-state index in [4.69, 9.17) is 13.3 Å². The van der Waals surface area contributed by atoms with Gasteiger partial charge in [-0.2, -0.15) is 0 Å². The van der Waals surface area contributed by atoms with Gasteiger partial charge in [0, 0.05) is 0 Å². The van der Waals surface area contributed by atoms with E-state index in [1.807, 2.05) is 66.7 Å². The number of aromatic nitrogens is 3. The highest BCUT2D eigenvalue weighted by atomic mass is 16.4. The van der Waals surface area contributed by atoms with Crippen LogP contribution in [0.25, 0.3) is 56.5 Å². The van der Waals surface area contributed by atoms with Gasteiger partial charge < -0.3 is 13.3 Å². The molecule has 0 aliphatic heterocycles. The molecule has 0 spiro atoms. The normalized spacial score (nSPS) is 11.7. The fourth-order valence-electron chi connectivity index (χ4n) is 3.16. The zero-order chi connectivity index (χ0) is 17.8. The van der Waals surface area contributed by atoms with E-state index >= 15 is 0 Å². The molecule has 0 aliphatic rings. The molecule has 6 heteroatoms. The van der Waals surface area contributed by atoms with Crippen molar-refractivity contribution in [2.75, 3.05) is 0 Å². The molecule has 3 aromatic heterocycles. The monoisotopic (exact) mass is 353 g/mol. The van der Waals surface area contributed by atoms with Crippen molar-refractivity contribution in [2.24, 2.45) is 0 Å². The molecule has 6 nitrogen and oxygen atoms in total. The molecule has 0 radical (unpaired) electrons. The number of nitrogens with zero attached hydrogens (tertiary/aromatic N) is 3. The van der Waals surface area contributed by atoms with Crippen LogP contribution in [0.5, 0.6) is 0 Å². The van der Waals surface area contributed by atoms with Gasteiger partial charge >= 0.3 is 0 Å². The number of fused-ring (bicyclic) bond motifs is 3. The van der Waals surface area contributed by atoms with Crippen LogP contribution in [0.1, 0.15) is 0 Å². The molecular weight excluding hydrogens is 342 g/mol. The number of rotatable bonds is 2. The predicted octanol–water partition coefficient (Wildman–Crippen LogP) is 5.44. The van der Waals surface area contributed by atoms with E-state index in [1.54, 1.807) is 0 Å². The maximum Gasteiger partial charge on any atom is 0.284 e. The lowest BCUT2D eigenvalue weighted by atomic mass is 10.2. The summed E-state index contributed by atoms with van der Waals surface area (Å²) in [5.41, 5.74) is 5.00. The summed E-state index contributed by atoms with van der Waals surface area (Å²) in [7, 11) is 0. The first kappa shape index (κ1) is 14.3. The fraction of sp³-hybridized carbons (Fsp3) is 0. The van der Waals surface area contributed by atoms with Crippen LogP contribution in [0.4, 0.5) is 0 Å². The predicted molar refractivity (Wildman–Crippen MR) is 100 cm³/mol. The molecule has 6 aromatic rings. The SMILES string of the molecule is c1ccc2oc(-c3nc4c(-c5nc6ccccc6o5)cccc4o3)nc2c1. The first-order valence-electron chi connectivity index (χ1n) is 8.47. The van der Waals surface area contributed by atoms with E-state index in [1.165, 1.54) is 0 Å². The van der Waals surface area contributed by atoms with Crippen molar-refractivity contribution < 1.29 is 13.3 Å². The van der Waals surface area contributed by atoms with Gasteiger partial charge in [-0.05, 0) is 36.4 Å². The van der Waals surface area contributed by atoms with Crippen molar-refractivity contribution in [3.05, 3.63) is 66.7 Å². The minimum atomic E-state index is 0.324. The average Bonchev–Trinajstić information content (AvgIpc) is 3.41. The standard InChI is InChI=1S/C21H11N3O3/c1-3-9-15-13(7-1)22-19(25-15)12-6-5-11-17-18(12)24-21(27-17)20-23-14-8-2-4-10-16(14)26-20/h1-11H. The van der Waals surface area contributed by atoms with Gasteiger partial charge in [-0.25, -0.2) is 15.0 Å². The van der Waals surface area contributed by atoms with Crippen molar-refractivity contribution in [1.82, 2.24) is 15.0 Å². The Morgan fingerprint density at radius 3 is 1.78 bits per heavy atom. The molecule has 0 bridgehead atoms. The molecule has 128 valence electrons. The molecule has 0 fully saturated rings. The molecule has 0 aliphatic carbocycles. The van der Waals surface area contributed by atoms with Gasteiger partial charge in [0.15, 0.2) is 16.7 Å². The number of oxazole rings is 3. The van der Waals surface area contributed by atoms with Crippen molar-refractivity contribution in [2.45, 2.75) is 0 Å². The minimum Gasteiger partial charge on any atom is -0.436 e. The second-order valence-corrected chi connectivity index (χ2v) is 6.14. The number of hydrogen-bond acceptors (Lipinski definition) is 6. The quantitative estimate of drug-likeness (QED) is 0.412.